The average Bonchev–Trinajstić information content (AvgIpc) is 2.67. The van der Waals surface area contributed by atoms with Gasteiger partial charge in [-0.05, 0) is 58.8 Å². The summed E-state index contributed by atoms with van der Waals surface area (Å²) in [5.74, 6) is -1.07. The Labute approximate surface area is 150 Å². The molecule has 2 bridgehead atoms. The number of Topliss-reactive ketones (excluding diaryl/α,β-unsaturated/α-hetero) is 2. The van der Waals surface area contributed by atoms with Crippen LogP contribution in [0.3, 0.4) is 0 Å². The zero-order valence-corrected chi connectivity index (χ0v) is 16.6. The molecular weight excluding hydrogens is 316 g/mol. The summed E-state index contributed by atoms with van der Waals surface area (Å²) in [5, 5.41) is 6.76. The molecule has 5 heteroatoms. The third-order valence-corrected chi connectivity index (χ3v) is 7.45. The van der Waals surface area contributed by atoms with Crippen molar-refractivity contribution in [3.63, 3.8) is 0 Å². The third kappa shape index (κ3) is 2.27. The quantitative estimate of drug-likeness (QED) is 0.593. The lowest BCUT2D eigenvalue weighted by atomic mass is 9.64. The topological polar surface area (TPSA) is 75.3 Å². The molecule has 2 saturated carbocycles. The van der Waals surface area contributed by atoms with Gasteiger partial charge in [-0.2, -0.15) is 0 Å². The van der Waals surface area contributed by atoms with Crippen LogP contribution in [0, 0.1) is 16.2 Å². The highest BCUT2D eigenvalue weighted by molar-refractivity contribution is 6.48. The third-order valence-electron chi connectivity index (χ3n) is 7.45. The molecule has 0 aromatic heterocycles. The lowest BCUT2D eigenvalue weighted by Gasteiger charge is -2.47. The molecule has 2 aliphatic carbocycles. The van der Waals surface area contributed by atoms with Crippen molar-refractivity contribution in [1.29, 1.82) is 0 Å². The van der Waals surface area contributed by atoms with E-state index in [0.29, 0.717) is 12.8 Å². The van der Waals surface area contributed by atoms with E-state index < -0.39 is 22.0 Å². The molecule has 1 amide bonds. The molecule has 5 nitrogen and oxygen atoms in total. The highest BCUT2D eigenvalue weighted by Crippen LogP contribution is 2.69. The van der Waals surface area contributed by atoms with Crippen LogP contribution in [0.4, 0.5) is 0 Å². The summed E-state index contributed by atoms with van der Waals surface area (Å²) < 4.78 is 0. The van der Waals surface area contributed by atoms with Crippen molar-refractivity contribution in [2.24, 2.45) is 16.2 Å². The Kier molecular flexibility index (Phi) is 3.66. The molecule has 25 heavy (non-hydrogen) atoms. The minimum atomic E-state index is -1.20. The van der Waals surface area contributed by atoms with Crippen molar-refractivity contribution in [1.82, 2.24) is 10.6 Å². The Balaban J connectivity index is 1.89. The highest BCUT2D eigenvalue weighted by Gasteiger charge is 2.77. The molecule has 0 aromatic carbocycles. The molecule has 1 heterocycles. The van der Waals surface area contributed by atoms with Gasteiger partial charge in [-0.1, -0.05) is 20.8 Å². The van der Waals surface area contributed by atoms with Crippen molar-refractivity contribution in [2.45, 2.75) is 91.3 Å². The fourth-order valence-corrected chi connectivity index (χ4v) is 6.01. The van der Waals surface area contributed by atoms with Crippen molar-refractivity contribution in [2.75, 3.05) is 0 Å². The number of carbonyl (C=O) groups is 3. The SMILES string of the molecule is CC1(C)CC(NC(=O)[C@]23CC[C@@](C)(C(=O)C2=O)C3(C)C)CC(C)(C)N1. The molecule has 3 aliphatic rings. The minimum Gasteiger partial charge on any atom is -0.352 e. The van der Waals surface area contributed by atoms with E-state index in [-0.39, 0.29) is 28.8 Å². The highest BCUT2D eigenvalue weighted by atomic mass is 16.2. The smallest absolute Gasteiger partial charge is 0.235 e. The van der Waals surface area contributed by atoms with Crippen LogP contribution < -0.4 is 10.6 Å². The second-order valence-electron chi connectivity index (χ2n) is 10.5. The monoisotopic (exact) mass is 348 g/mol. The number of piperidine rings is 1. The van der Waals surface area contributed by atoms with Crippen LogP contribution >= 0.6 is 0 Å². The van der Waals surface area contributed by atoms with Crippen LogP contribution in [-0.4, -0.2) is 34.6 Å². The van der Waals surface area contributed by atoms with E-state index in [0.717, 1.165) is 12.8 Å². The van der Waals surface area contributed by atoms with Crippen LogP contribution in [-0.2, 0) is 14.4 Å². The zero-order valence-electron chi connectivity index (χ0n) is 16.6. The van der Waals surface area contributed by atoms with E-state index in [4.69, 9.17) is 0 Å². The molecule has 2 atom stereocenters. The van der Waals surface area contributed by atoms with Gasteiger partial charge >= 0.3 is 0 Å². The minimum absolute atomic E-state index is 0.000664. The summed E-state index contributed by atoms with van der Waals surface area (Å²) in [5.41, 5.74) is -2.73. The Bertz CT molecular complexity index is 648. The molecule has 0 aromatic rings. The molecule has 1 aliphatic heterocycles. The maximum Gasteiger partial charge on any atom is 0.235 e. The second-order valence-corrected chi connectivity index (χ2v) is 10.5. The number of carbonyl (C=O) groups excluding carboxylic acids is 3. The predicted molar refractivity (Wildman–Crippen MR) is 96.0 cm³/mol. The van der Waals surface area contributed by atoms with Gasteiger partial charge in [-0.15, -0.1) is 0 Å². The number of fused-ring (bicyclic) bond motifs is 2. The number of amides is 1. The van der Waals surface area contributed by atoms with Crippen molar-refractivity contribution >= 4 is 17.5 Å². The molecule has 0 spiro atoms. The fraction of sp³-hybridized carbons (Fsp3) is 0.850. The molecule has 140 valence electrons. The normalized spacial score (nSPS) is 38.8. The number of ketones is 2. The van der Waals surface area contributed by atoms with Gasteiger partial charge in [0.2, 0.25) is 17.5 Å². The fourth-order valence-electron chi connectivity index (χ4n) is 6.01. The number of hydrogen-bond acceptors (Lipinski definition) is 4. The lowest BCUT2D eigenvalue weighted by molar-refractivity contribution is -0.149. The van der Waals surface area contributed by atoms with Crippen LogP contribution in [0.1, 0.15) is 74.1 Å². The first-order chi connectivity index (χ1) is 11.2. The summed E-state index contributed by atoms with van der Waals surface area (Å²) in [6, 6.07) is -0.000664. The van der Waals surface area contributed by atoms with Gasteiger partial charge in [0.1, 0.15) is 5.41 Å². The first-order valence-electron chi connectivity index (χ1n) is 9.38. The summed E-state index contributed by atoms with van der Waals surface area (Å²) >= 11 is 0. The van der Waals surface area contributed by atoms with Crippen LogP contribution in [0.25, 0.3) is 0 Å². The van der Waals surface area contributed by atoms with Crippen LogP contribution in [0.15, 0.2) is 0 Å². The predicted octanol–water partition coefficient (Wildman–Crippen LogP) is 2.38. The lowest BCUT2D eigenvalue weighted by Crippen LogP contribution is -2.63. The zero-order chi connectivity index (χ0) is 19.1. The average molecular weight is 348 g/mol. The number of hydrogen-bond donors (Lipinski definition) is 2. The van der Waals surface area contributed by atoms with Crippen LogP contribution in [0.2, 0.25) is 0 Å². The van der Waals surface area contributed by atoms with Gasteiger partial charge in [0.25, 0.3) is 0 Å². The molecule has 3 rings (SSSR count). The Morgan fingerprint density at radius 2 is 1.44 bits per heavy atom. The number of nitrogens with one attached hydrogen (secondary N) is 2. The number of rotatable bonds is 2. The van der Waals surface area contributed by atoms with Crippen molar-refractivity contribution in [3.05, 3.63) is 0 Å². The van der Waals surface area contributed by atoms with E-state index in [2.05, 4.69) is 38.3 Å². The Hall–Kier alpha value is -1.23. The van der Waals surface area contributed by atoms with Gasteiger partial charge in [-0.3, -0.25) is 14.4 Å². The standard InChI is InChI=1S/C20H32N2O3/c1-16(2)10-12(11-17(3,4)22-16)21-15(25)20-9-8-19(7,18(20,5)6)13(23)14(20)24/h12,22H,8-11H2,1-7H3,(H,21,25)/t19-,20-/m0/s1. The first kappa shape index (κ1) is 18.6. The second kappa shape index (κ2) is 4.93. The van der Waals surface area contributed by atoms with Gasteiger partial charge in [0.15, 0.2) is 0 Å². The van der Waals surface area contributed by atoms with E-state index in [1.807, 2.05) is 20.8 Å². The van der Waals surface area contributed by atoms with Crippen LogP contribution in [0.5, 0.6) is 0 Å². The molecular formula is C20H32N2O3. The first-order valence-corrected chi connectivity index (χ1v) is 9.38. The Morgan fingerprint density at radius 3 is 1.88 bits per heavy atom. The van der Waals surface area contributed by atoms with Gasteiger partial charge in [0.05, 0.1) is 0 Å². The van der Waals surface area contributed by atoms with Crippen molar-refractivity contribution < 1.29 is 14.4 Å². The van der Waals surface area contributed by atoms with Crippen molar-refractivity contribution in [3.8, 4) is 0 Å². The largest absolute Gasteiger partial charge is 0.352 e. The summed E-state index contributed by atoms with van der Waals surface area (Å²) in [4.78, 5) is 38.7. The van der Waals surface area contributed by atoms with E-state index >= 15 is 0 Å². The van der Waals surface area contributed by atoms with E-state index in [9.17, 15) is 14.4 Å². The molecule has 3 fully saturated rings. The molecule has 2 N–H and O–H groups in total. The maximum absolute atomic E-state index is 13.3. The molecule has 0 radical (unpaired) electrons. The Morgan fingerprint density at radius 1 is 0.920 bits per heavy atom. The molecule has 0 unspecified atom stereocenters. The summed E-state index contributed by atoms with van der Waals surface area (Å²) in [6.07, 6.45) is 2.70. The summed E-state index contributed by atoms with van der Waals surface area (Å²) in [6.45, 7) is 14.2. The molecule has 1 saturated heterocycles. The van der Waals surface area contributed by atoms with Gasteiger partial charge in [0, 0.05) is 22.5 Å². The van der Waals surface area contributed by atoms with E-state index in [1.165, 1.54) is 0 Å². The van der Waals surface area contributed by atoms with Gasteiger partial charge < -0.3 is 10.6 Å². The maximum atomic E-state index is 13.3. The summed E-state index contributed by atoms with van der Waals surface area (Å²) in [7, 11) is 0. The van der Waals surface area contributed by atoms with Gasteiger partial charge in [-0.25, -0.2) is 0 Å². The van der Waals surface area contributed by atoms with E-state index in [1.54, 1.807) is 0 Å².